The molecule has 0 saturated carbocycles. The van der Waals surface area contributed by atoms with Gasteiger partial charge in [0.2, 0.25) is 0 Å². The van der Waals surface area contributed by atoms with Gasteiger partial charge in [-0.3, -0.25) is 9.13 Å². The van der Waals surface area contributed by atoms with Crippen molar-refractivity contribution in [2.24, 2.45) is 0 Å². The summed E-state index contributed by atoms with van der Waals surface area (Å²) in [6.45, 7) is 0. The molecule has 0 radical (unpaired) electrons. The molecule has 0 spiro atoms. The third-order valence-electron chi connectivity index (χ3n) is 12.5. The van der Waals surface area contributed by atoms with E-state index in [1.165, 1.54) is 0 Å². The van der Waals surface area contributed by atoms with E-state index in [0.29, 0.717) is 0 Å². The Balaban J connectivity index is 0.879. The van der Waals surface area contributed by atoms with Gasteiger partial charge in [0.25, 0.3) is 0 Å². The van der Waals surface area contributed by atoms with E-state index in [4.69, 9.17) is 9.97 Å². The molecule has 0 saturated heterocycles. The molecule has 2 aromatic heterocycles. The molecule has 0 aliphatic rings. The van der Waals surface area contributed by atoms with Gasteiger partial charge < -0.3 is 9.80 Å². The standard InChI is InChI=1S/C62H44N6/c1-5-21-49(22-6-1)65(55-29-17-19-47(43-55)61-63-57-31-13-15-33-59(57)67(61)51-25-9-3-10-26-51)53-39-35-45(36-40-53)46-37-41-54(42-38-46)66(50-23-7-2-8-24-50)56-30-18-20-48(44-56)62-64-58-32-14-16-34-60(58)68(62)52-27-11-4-12-28-52/h1-44H. The summed E-state index contributed by atoms with van der Waals surface area (Å²) in [6.07, 6.45) is 0. The molecule has 0 unspecified atom stereocenters. The molecular weight excluding hydrogens is 829 g/mol. The highest BCUT2D eigenvalue weighted by Gasteiger charge is 2.20. The lowest BCUT2D eigenvalue weighted by atomic mass is 10.0. The van der Waals surface area contributed by atoms with Crippen LogP contribution in [0.15, 0.2) is 267 Å². The van der Waals surface area contributed by atoms with Gasteiger partial charge >= 0.3 is 0 Å². The van der Waals surface area contributed by atoms with E-state index in [1.807, 2.05) is 24.3 Å². The van der Waals surface area contributed by atoms with E-state index in [2.05, 4.69) is 262 Å². The molecule has 0 atom stereocenters. The summed E-state index contributed by atoms with van der Waals surface area (Å²) in [7, 11) is 0. The smallest absolute Gasteiger partial charge is 0.145 e. The number of rotatable bonds is 11. The Morgan fingerprint density at radius 2 is 0.574 bits per heavy atom. The van der Waals surface area contributed by atoms with Crippen molar-refractivity contribution in [1.82, 2.24) is 19.1 Å². The fraction of sp³-hybridized carbons (Fsp3) is 0. The fourth-order valence-corrected chi connectivity index (χ4v) is 9.34. The van der Waals surface area contributed by atoms with Crippen LogP contribution in [0.2, 0.25) is 0 Å². The highest BCUT2D eigenvalue weighted by atomic mass is 15.2. The Morgan fingerprint density at radius 1 is 0.250 bits per heavy atom. The topological polar surface area (TPSA) is 42.1 Å². The van der Waals surface area contributed by atoms with Gasteiger partial charge in [-0.2, -0.15) is 0 Å². The Morgan fingerprint density at radius 3 is 0.971 bits per heavy atom. The zero-order chi connectivity index (χ0) is 45.2. The summed E-state index contributed by atoms with van der Waals surface area (Å²) >= 11 is 0. The number of fused-ring (bicyclic) bond motifs is 2. The summed E-state index contributed by atoms with van der Waals surface area (Å²) in [5.74, 6) is 1.79. The first-order valence-corrected chi connectivity index (χ1v) is 22.9. The Bertz CT molecular complexity index is 3410. The lowest BCUT2D eigenvalue weighted by molar-refractivity contribution is 1.10. The lowest BCUT2D eigenvalue weighted by Crippen LogP contribution is -2.10. The SMILES string of the molecule is c1ccc(N(c2ccc(-c3ccc(N(c4ccccc4)c4cccc(-c5nc6ccccc6n5-c5ccccc5)c4)cc3)cc2)c2cccc(-c3nc4ccccc4n3-c3ccccc3)c2)cc1. The van der Waals surface area contributed by atoms with Crippen LogP contribution in [0, 0.1) is 0 Å². The van der Waals surface area contributed by atoms with Crippen molar-refractivity contribution in [3.05, 3.63) is 267 Å². The van der Waals surface area contributed by atoms with Gasteiger partial charge in [-0.25, -0.2) is 9.97 Å². The van der Waals surface area contributed by atoms with Gasteiger partial charge in [0.1, 0.15) is 11.6 Å². The average Bonchev–Trinajstić information content (AvgIpc) is 4.01. The monoisotopic (exact) mass is 872 g/mol. The summed E-state index contributed by atoms with van der Waals surface area (Å²) in [6, 6.07) is 93.9. The van der Waals surface area contributed by atoms with Crippen LogP contribution in [-0.2, 0) is 0 Å². The van der Waals surface area contributed by atoms with Crippen LogP contribution in [0.25, 0.3) is 67.3 Å². The van der Waals surface area contributed by atoms with Crippen molar-refractivity contribution in [1.29, 1.82) is 0 Å². The second-order valence-corrected chi connectivity index (χ2v) is 16.7. The molecule has 0 fully saturated rings. The summed E-state index contributed by atoms with van der Waals surface area (Å²) in [4.78, 5) is 15.0. The van der Waals surface area contributed by atoms with E-state index >= 15 is 0 Å². The molecule has 12 aromatic rings. The van der Waals surface area contributed by atoms with Gasteiger partial charge in [-0.15, -0.1) is 0 Å². The minimum Gasteiger partial charge on any atom is -0.310 e. The first-order valence-electron chi connectivity index (χ1n) is 22.9. The van der Waals surface area contributed by atoms with Crippen molar-refractivity contribution in [3.63, 3.8) is 0 Å². The molecule has 0 aliphatic heterocycles. The molecule has 2 heterocycles. The van der Waals surface area contributed by atoms with Crippen LogP contribution in [0.1, 0.15) is 0 Å². The number of benzene rings is 10. The molecule has 6 heteroatoms. The number of hydrogen-bond acceptors (Lipinski definition) is 4. The maximum atomic E-state index is 5.18. The Kier molecular flexibility index (Phi) is 10.4. The quantitative estimate of drug-likeness (QED) is 0.130. The largest absolute Gasteiger partial charge is 0.310 e. The Labute approximate surface area is 395 Å². The van der Waals surface area contributed by atoms with E-state index in [9.17, 15) is 0 Å². The highest BCUT2D eigenvalue weighted by molar-refractivity contribution is 5.88. The maximum absolute atomic E-state index is 5.18. The molecule has 6 nitrogen and oxygen atoms in total. The van der Waals surface area contributed by atoms with Crippen LogP contribution >= 0.6 is 0 Å². The van der Waals surface area contributed by atoms with Crippen LogP contribution < -0.4 is 9.80 Å². The predicted molar refractivity (Wildman–Crippen MR) is 281 cm³/mol. The number of aromatic nitrogens is 4. The van der Waals surface area contributed by atoms with Crippen LogP contribution in [0.5, 0.6) is 0 Å². The normalized spacial score (nSPS) is 11.2. The first-order chi connectivity index (χ1) is 33.7. The van der Waals surface area contributed by atoms with Gasteiger partial charge in [0.05, 0.1) is 22.1 Å². The summed E-state index contributed by atoms with van der Waals surface area (Å²) < 4.78 is 4.50. The van der Waals surface area contributed by atoms with E-state index in [1.54, 1.807) is 0 Å². The number of anilines is 6. The van der Waals surface area contributed by atoms with Gasteiger partial charge in [-0.05, 0) is 132 Å². The van der Waals surface area contributed by atoms with Gasteiger partial charge in [-0.1, -0.05) is 146 Å². The molecule has 0 aliphatic carbocycles. The lowest BCUT2D eigenvalue weighted by Gasteiger charge is -2.26. The van der Waals surface area contributed by atoms with Crippen LogP contribution in [0.4, 0.5) is 34.1 Å². The zero-order valence-electron chi connectivity index (χ0n) is 37.1. The van der Waals surface area contributed by atoms with Gasteiger partial charge in [0.15, 0.2) is 0 Å². The van der Waals surface area contributed by atoms with Crippen molar-refractivity contribution in [2.45, 2.75) is 0 Å². The third-order valence-corrected chi connectivity index (χ3v) is 12.5. The average molecular weight is 873 g/mol. The van der Waals surface area contributed by atoms with Gasteiger partial charge in [0, 0.05) is 56.6 Å². The molecule has 322 valence electrons. The van der Waals surface area contributed by atoms with Crippen LogP contribution in [-0.4, -0.2) is 19.1 Å². The van der Waals surface area contributed by atoms with Crippen molar-refractivity contribution in [3.8, 4) is 45.3 Å². The number of hydrogen-bond donors (Lipinski definition) is 0. The first kappa shape index (κ1) is 40.3. The van der Waals surface area contributed by atoms with E-state index < -0.39 is 0 Å². The van der Waals surface area contributed by atoms with Crippen molar-refractivity contribution in [2.75, 3.05) is 9.80 Å². The molecule has 0 amide bonds. The molecule has 12 rings (SSSR count). The van der Waals surface area contributed by atoms with E-state index in [0.717, 1.165) is 101 Å². The Hall–Kier alpha value is -9.26. The van der Waals surface area contributed by atoms with E-state index in [-0.39, 0.29) is 0 Å². The zero-order valence-corrected chi connectivity index (χ0v) is 37.1. The number of imidazole rings is 2. The molecule has 0 bridgehead atoms. The minimum atomic E-state index is 0.897. The number of para-hydroxylation sites is 8. The summed E-state index contributed by atoms with van der Waals surface area (Å²) in [5, 5.41) is 0. The molecule has 10 aromatic carbocycles. The molecule has 68 heavy (non-hydrogen) atoms. The summed E-state index contributed by atoms with van der Waals surface area (Å²) in [5.41, 5.74) is 16.9. The maximum Gasteiger partial charge on any atom is 0.145 e. The second kappa shape index (κ2) is 17.6. The van der Waals surface area contributed by atoms with Crippen molar-refractivity contribution >= 4 is 56.2 Å². The second-order valence-electron chi connectivity index (χ2n) is 16.7. The highest BCUT2D eigenvalue weighted by Crippen LogP contribution is 2.41. The van der Waals surface area contributed by atoms with Crippen molar-refractivity contribution < 1.29 is 0 Å². The predicted octanol–water partition coefficient (Wildman–Crippen LogP) is 16.3. The van der Waals surface area contributed by atoms with Crippen LogP contribution in [0.3, 0.4) is 0 Å². The molecule has 0 N–H and O–H groups in total. The fourth-order valence-electron chi connectivity index (χ4n) is 9.34. The number of nitrogens with zero attached hydrogens (tertiary/aromatic N) is 6. The third kappa shape index (κ3) is 7.56. The molecular formula is C62H44N6. The minimum absolute atomic E-state index is 0.897.